The quantitative estimate of drug-likeness (QED) is 0.910. The Hall–Kier alpha value is -0.620. The van der Waals surface area contributed by atoms with E-state index in [4.69, 9.17) is 11.6 Å². The number of hydrogen-bond donors (Lipinski definition) is 1. The molecule has 0 radical (unpaired) electrons. The van der Waals surface area contributed by atoms with Crippen LogP contribution in [0.1, 0.15) is 19.4 Å². The number of halogens is 1. The van der Waals surface area contributed by atoms with E-state index in [1.807, 2.05) is 12.1 Å². The van der Waals surface area contributed by atoms with Crippen molar-refractivity contribution in [2.45, 2.75) is 35.7 Å². The van der Waals surface area contributed by atoms with Crippen molar-refractivity contribution in [3.05, 3.63) is 35.1 Å². The van der Waals surface area contributed by atoms with Crippen LogP contribution < -0.4 is 5.32 Å². The zero-order chi connectivity index (χ0) is 13.0. The lowest BCUT2D eigenvalue weighted by Gasteiger charge is -2.09. The third-order valence-electron chi connectivity index (χ3n) is 2.25. The summed E-state index contributed by atoms with van der Waals surface area (Å²) in [5.74, 6) is 0. The Morgan fingerprint density at radius 1 is 1.44 bits per heavy atom. The third-order valence-corrected chi connectivity index (χ3v) is 4.46. The van der Waals surface area contributed by atoms with Gasteiger partial charge in [0.1, 0.15) is 6.33 Å². The molecule has 1 aromatic heterocycles. The molecule has 0 aliphatic rings. The van der Waals surface area contributed by atoms with Gasteiger partial charge in [-0.05, 0) is 29.2 Å². The summed E-state index contributed by atoms with van der Waals surface area (Å²) in [7, 11) is 0. The van der Waals surface area contributed by atoms with Crippen molar-refractivity contribution in [2.24, 2.45) is 0 Å². The van der Waals surface area contributed by atoms with Crippen molar-refractivity contribution in [1.29, 1.82) is 0 Å². The highest BCUT2D eigenvalue weighted by atomic mass is 35.5. The van der Waals surface area contributed by atoms with Gasteiger partial charge in [0.25, 0.3) is 0 Å². The van der Waals surface area contributed by atoms with Crippen molar-refractivity contribution >= 4 is 34.9 Å². The molecule has 1 aromatic carbocycles. The molecule has 0 amide bonds. The summed E-state index contributed by atoms with van der Waals surface area (Å²) in [6.07, 6.45) is 1.56. The van der Waals surface area contributed by atoms with Gasteiger partial charge in [-0.1, -0.05) is 43.3 Å². The smallest absolute Gasteiger partial charge is 0.174 e. The van der Waals surface area contributed by atoms with Crippen LogP contribution in [0.5, 0.6) is 0 Å². The molecule has 0 fully saturated rings. The van der Waals surface area contributed by atoms with E-state index in [-0.39, 0.29) is 0 Å². The number of rotatable bonds is 5. The van der Waals surface area contributed by atoms with Crippen molar-refractivity contribution in [3.63, 3.8) is 0 Å². The molecule has 0 aliphatic heterocycles. The summed E-state index contributed by atoms with van der Waals surface area (Å²) in [6, 6.07) is 6.59. The molecule has 2 rings (SSSR count). The van der Waals surface area contributed by atoms with Gasteiger partial charge in [-0.25, -0.2) is 4.98 Å². The van der Waals surface area contributed by atoms with Crippen LogP contribution in [0.25, 0.3) is 0 Å². The molecule has 3 nitrogen and oxygen atoms in total. The second-order valence-corrected chi connectivity index (χ2v) is 6.59. The SMILES string of the molecule is CC(C)NCc1ccc(Sc2ncns2)c(Cl)c1. The summed E-state index contributed by atoms with van der Waals surface area (Å²) in [4.78, 5) is 5.15. The van der Waals surface area contributed by atoms with E-state index in [2.05, 4.69) is 34.6 Å². The van der Waals surface area contributed by atoms with Crippen molar-refractivity contribution in [3.8, 4) is 0 Å². The molecule has 2 aromatic rings. The van der Waals surface area contributed by atoms with Crippen molar-refractivity contribution in [1.82, 2.24) is 14.7 Å². The number of hydrogen-bond acceptors (Lipinski definition) is 5. The molecule has 1 heterocycles. The lowest BCUT2D eigenvalue weighted by molar-refractivity contribution is 0.589. The molecule has 0 spiro atoms. The lowest BCUT2D eigenvalue weighted by atomic mass is 10.2. The Balaban J connectivity index is 2.05. The van der Waals surface area contributed by atoms with Crippen LogP contribution in [-0.2, 0) is 6.54 Å². The fourth-order valence-electron chi connectivity index (χ4n) is 1.36. The summed E-state index contributed by atoms with van der Waals surface area (Å²) in [6.45, 7) is 5.09. The van der Waals surface area contributed by atoms with E-state index in [9.17, 15) is 0 Å². The highest BCUT2D eigenvalue weighted by molar-refractivity contribution is 8.01. The molecule has 0 aliphatic carbocycles. The Bertz CT molecular complexity index is 500. The first-order valence-electron chi connectivity index (χ1n) is 5.61. The molecule has 1 N–H and O–H groups in total. The first-order valence-corrected chi connectivity index (χ1v) is 7.58. The van der Waals surface area contributed by atoms with Crippen molar-refractivity contribution in [2.75, 3.05) is 0 Å². The molecular weight excluding hydrogens is 286 g/mol. The molecule has 6 heteroatoms. The van der Waals surface area contributed by atoms with E-state index in [0.29, 0.717) is 6.04 Å². The molecule has 18 heavy (non-hydrogen) atoms. The highest BCUT2D eigenvalue weighted by Gasteiger charge is 2.06. The van der Waals surface area contributed by atoms with E-state index in [1.54, 1.807) is 18.1 Å². The fourth-order valence-corrected chi connectivity index (χ4v) is 3.09. The summed E-state index contributed by atoms with van der Waals surface area (Å²) < 4.78 is 4.88. The second-order valence-electron chi connectivity index (χ2n) is 4.11. The van der Waals surface area contributed by atoms with Gasteiger partial charge in [-0.15, -0.1) is 0 Å². The van der Waals surface area contributed by atoms with Gasteiger partial charge in [-0.2, -0.15) is 4.37 Å². The van der Waals surface area contributed by atoms with Crippen LogP contribution in [0.3, 0.4) is 0 Å². The standard InChI is InChI=1S/C12H14ClN3S2/c1-8(2)14-6-9-3-4-11(10(13)5-9)17-12-15-7-16-18-12/h3-5,7-8,14H,6H2,1-2H3. The number of nitrogens with zero attached hydrogens (tertiary/aromatic N) is 2. The van der Waals surface area contributed by atoms with Crippen molar-refractivity contribution < 1.29 is 0 Å². The molecular formula is C12H14ClN3S2. The van der Waals surface area contributed by atoms with E-state index in [0.717, 1.165) is 20.8 Å². The van der Waals surface area contributed by atoms with Gasteiger partial charge in [0, 0.05) is 17.5 Å². The molecule has 0 bridgehead atoms. The van der Waals surface area contributed by atoms with Crippen LogP contribution in [0.4, 0.5) is 0 Å². The van der Waals surface area contributed by atoms with Crippen LogP contribution in [0.2, 0.25) is 5.02 Å². The van der Waals surface area contributed by atoms with Crippen LogP contribution in [-0.4, -0.2) is 15.4 Å². The maximum Gasteiger partial charge on any atom is 0.174 e. The lowest BCUT2D eigenvalue weighted by Crippen LogP contribution is -2.21. The van der Waals surface area contributed by atoms with Gasteiger partial charge >= 0.3 is 0 Å². The Labute approximate surface area is 120 Å². The predicted molar refractivity (Wildman–Crippen MR) is 77.5 cm³/mol. The minimum atomic E-state index is 0.472. The van der Waals surface area contributed by atoms with Crippen LogP contribution in [0.15, 0.2) is 33.8 Å². The average Bonchev–Trinajstić information content (AvgIpc) is 2.82. The molecule has 0 saturated heterocycles. The normalized spacial score (nSPS) is 11.1. The minimum absolute atomic E-state index is 0.472. The van der Waals surface area contributed by atoms with Crippen LogP contribution in [0, 0.1) is 0 Å². The third kappa shape index (κ3) is 3.95. The molecule has 96 valence electrons. The first-order chi connectivity index (χ1) is 8.65. The minimum Gasteiger partial charge on any atom is -0.310 e. The maximum atomic E-state index is 6.27. The Morgan fingerprint density at radius 2 is 2.28 bits per heavy atom. The highest BCUT2D eigenvalue weighted by Crippen LogP contribution is 2.34. The van der Waals surface area contributed by atoms with Crippen LogP contribution >= 0.6 is 34.9 Å². The molecule has 0 saturated carbocycles. The zero-order valence-corrected chi connectivity index (χ0v) is 12.6. The van der Waals surface area contributed by atoms with E-state index in [1.165, 1.54) is 17.1 Å². The van der Waals surface area contributed by atoms with Gasteiger partial charge in [0.05, 0.1) is 5.02 Å². The largest absolute Gasteiger partial charge is 0.310 e. The second kappa shape index (κ2) is 6.52. The fraction of sp³-hybridized carbons (Fsp3) is 0.333. The van der Waals surface area contributed by atoms with Gasteiger partial charge < -0.3 is 5.32 Å². The topological polar surface area (TPSA) is 37.8 Å². The summed E-state index contributed by atoms with van der Waals surface area (Å²) >= 11 is 9.19. The number of nitrogens with one attached hydrogen (secondary N) is 1. The number of aromatic nitrogens is 2. The van der Waals surface area contributed by atoms with Gasteiger partial charge in [0.2, 0.25) is 0 Å². The number of benzene rings is 1. The molecule has 0 atom stereocenters. The monoisotopic (exact) mass is 299 g/mol. The predicted octanol–water partition coefficient (Wildman–Crippen LogP) is 3.84. The molecule has 0 unspecified atom stereocenters. The zero-order valence-electron chi connectivity index (χ0n) is 10.2. The van der Waals surface area contributed by atoms with Gasteiger partial charge in [-0.3, -0.25) is 0 Å². The summed E-state index contributed by atoms with van der Waals surface area (Å²) in [5.41, 5.74) is 1.19. The Morgan fingerprint density at radius 3 is 2.89 bits per heavy atom. The van der Waals surface area contributed by atoms with Gasteiger partial charge in [0.15, 0.2) is 4.34 Å². The summed E-state index contributed by atoms with van der Waals surface area (Å²) in [5, 5.41) is 4.13. The average molecular weight is 300 g/mol. The van der Waals surface area contributed by atoms with E-state index >= 15 is 0 Å². The first kappa shape index (κ1) is 13.8. The maximum absolute atomic E-state index is 6.27. The van der Waals surface area contributed by atoms with E-state index < -0.39 is 0 Å². The Kier molecular flexibility index (Phi) is 5.00.